The van der Waals surface area contributed by atoms with Gasteiger partial charge in [-0.05, 0) is 55.2 Å². The van der Waals surface area contributed by atoms with Crippen LogP contribution in [0.1, 0.15) is 30.9 Å². The van der Waals surface area contributed by atoms with E-state index in [1.54, 1.807) is 18.3 Å². The molecule has 1 saturated heterocycles. The molecule has 30 heavy (non-hydrogen) atoms. The molecule has 2 heterocycles. The van der Waals surface area contributed by atoms with E-state index in [1.165, 1.54) is 4.90 Å². The molecule has 0 saturated carbocycles. The van der Waals surface area contributed by atoms with Crippen molar-refractivity contribution in [2.24, 2.45) is 0 Å². The largest absolute Gasteiger partial charge is 0.465 e. The Morgan fingerprint density at radius 1 is 1.27 bits per heavy atom. The number of amides is 2. The van der Waals surface area contributed by atoms with Gasteiger partial charge in [-0.15, -0.1) is 0 Å². The Kier molecular flexibility index (Phi) is 5.89. The molecule has 2 atom stereocenters. The Labute approximate surface area is 181 Å². The van der Waals surface area contributed by atoms with Gasteiger partial charge in [-0.25, -0.2) is 9.59 Å². The molecule has 156 valence electrons. The minimum absolute atomic E-state index is 0.423. The lowest BCUT2D eigenvalue weighted by Crippen LogP contribution is -2.47. The highest BCUT2D eigenvalue weighted by atomic mass is 79.9. The van der Waals surface area contributed by atoms with Gasteiger partial charge in [0.15, 0.2) is 0 Å². The van der Waals surface area contributed by atoms with Gasteiger partial charge in [-0.1, -0.05) is 28.1 Å². The summed E-state index contributed by atoms with van der Waals surface area (Å²) >= 11 is 3.44. The van der Waals surface area contributed by atoms with Crippen LogP contribution in [0, 0.1) is 0 Å². The number of aromatic nitrogens is 2. The Morgan fingerprint density at radius 3 is 2.93 bits per heavy atom. The normalized spacial score (nSPS) is 17.5. The minimum Gasteiger partial charge on any atom is -0.465 e. The van der Waals surface area contributed by atoms with E-state index in [0.29, 0.717) is 18.7 Å². The first-order valence-electron chi connectivity index (χ1n) is 9.67. The van der Waals surface area contributed by atoms with Crippen molar-refractivity contribution in [3.05, 3.63) is 58.7 Å². The van der Waals surface area contributed by atoms with Gasteiger partial charge in [0.25, 0.3) is 0 Å². The van der Waals surface area contributed by atoms with Gasteiger partial charge in [-0.3, -0.25) is 10.4 Å². The van der Waals surface area contributed by atoms with Crippen molar-refractivity contribution in [1.29, 1.82) is 0 Å². The summed E-state index contributed by atoms with van der Waals surface area (Å²) in [4.78, 5) is 25.9. The van der Waals surface area contributed by atoms with Gasteiger partial charge in [-0.2, -0.15) is 5.10 Å². The van der Waals surface area contributed by atoms with Crippen LogP contribution in [0.15, 0.2) is 53.1 Å². The number of nitrogens with zero attached hydrogens (tertiary/aromatic N) is 2. The molecule has 2 aromatic carbocycles. The summed E-state index contributed by atoms with van der Waals surface area (Å²) in [7, 11) is 0. The number of aromatic amines is 1. The molecule has 1 aliphatic rings. The van der Waals surface area contributed by atoms with Crippen molar-refractivity contribution in [2.75, 3.05) is 11.9 Å². The molecule has 0 bridgehead atoms. The summed E-state index contributed by atoms with van der Waals surface area (Å²) in [5, 5.41) is 20.1. The molecule has 1 unspecified atom stereocenters. The van der Waals surface area contributed by atoms with Gasteiger partial charge < -0.3 is 14.7 Å². The Balaban J connectivity index is 1.58. The van der Waals surface area contributed by atoms with Gasteiger partial charge in [0.05, 0.1) is 17.8 Å². The van der Waals surface area contributed by atoms with E-state index in [1.807, 2.05) is 30.3 Å². The summed E-state index contributed by atoms with van der Waals surface area (Å²) in [6.45, 7) is 0.423. The van der Waals surface area contributed by atoms with Crippen molar-refractivity contribution >= 4 is 44.7 Å². The zero-order valence-corrected chi connectivity index (χ0v) is 17.6. The van der Waals surface area contributed by atoms with E-state index in [9.17, 15) is 14.7 Å². The molecule has 9 heteroatoms. The number of hydrogen-bond acceptors (Lipinski definition) is 4. The minimum atomic E-state index is -1.01. The fourth-order valence-electron chi connectivity index (χ4n) is 3.84. The van der Waals surface area contributed by atoms with E-state index in [-0.39, 0.29) is 0 Å². The number of carbonyl (C=O) groups is 2. The second-order valence-electron chi connectivity index (χ2n) is 7.22. The maximum Gasteiger partial charge on any atom is 0.412 e. The molecule has 2 amide bonds. The van der Waals surface area contributed by atoms with Crippen molar-refractivity contribution in [1.82, 2.24) is 15.1 Å². The summed E-state index contributed by atoms with van der Waals surface area (Å²) < 4.78 is 6.64. The number of piperidine rings is 1. The molecule has 1 aliphatic heterocycles. The molecule has 0 radical (unpaired) electrons. The third kappa shape index (κ3) is 4.40. The number of carbonyl (C=O) groups excluding carboxylic acids is 1. The average Bonchev–Trinajstić information content (AvgIpc) is 3.20. The van der Waals surface area contributed by atoms with E-state index in [0.717, 1.165) is 33.8 Å². The van der Waals surface area contributed by atoms with Crippen molar-refractivity contribution < 1.29 is 19.4 Å². The Morgan fingerprint density at radius 2 is 2.13 bits per heavy atom. The number of benzene rings is 2. The number of nitrogens with one attached hydrogen (secondary N) is 2. The molecule has 3 N–H and O–H groups in total. The molecular weight excluding hydrogens is 452 g/mol. The quantitative estimate of drug-likeness (QED) is 0.486. The highest BCUT2D eigenvalue weighted by molar-refractivity contribution is 9.10. The first kappa shape index (κ1) is 20.2. The molecule has 1 fully saturated rings. The molecule has 0 aliphatic carbocycles. The van der Waals surface area contributed by atoms with Crippen LogP contribution in [0.3, 0.4) is 0 Å². The zero-order valence-electron chi connectivity index (χ0n) is 16.0. The Bertz CT molecular complexity index is 1070. The lowest BCUT2D eigenvalue weighted by molar-refractivity contribution is 0.0178. The van der Waals surface area contributed by atoms with Crippen molar-refractivity contribution in [3.63, 3.8) is 0 Å². The molecule has 4 rings (SSSR count). The van der Waals surface area contributed by atoms with Gasteiger partial charge in [0, 0.05) is 22.1 Å². The number of ether oxygens (including phenoxy) is 1. The van der Waals surface area contributed by atoms with Crippen LogP contribution in [-0.4, -0.2) is 45.0 Å². The molecule has 3 aromatic rings. The standard InChI is InChI=1S/C21H21BrN4O4/c22-15-5-3-4-13(10-15)19(18-6-1-2-9-26(18)21(28)29)30-20(27)24-16-7-8-17-14(11-16)12-23-25-17/h3-5,7-8,10-12,18-19H,1-2,6,9H2,(H,23,25)(H,24,27)(H,28,29)/t18-,19?/m0/s1. The van der Waals surface area contributed by atoms with Gasteiger partial charge >= 0.3 is 12.2 Å². The maximum atomic E-state index is 12.7. The van der Waals surface area contributed by atoms with Crippen LogP contribution in [-0.2, 0) is 4.74 Å². The number of anilines is 1. The topological polar surface area (TPSA) is 108 Å². The monoisotopic (exact) mass is 472 g/mol. The molecule has 0 spiro atoms. The third-order valence-electron chi connectivity index (χ3n) is 5.24. The number of fused-ring (bicyclic) bond motifs is 1. The van der Waals surface area contributed by atoms with Crippen molar-refractivity contribution in [3.8, 4) is 0 Å². The number of halogens is 1. The van der Waals surface area contributed by atoms with E-state index < -0.39 is 24.3 Å². The highest BCUT2D eigenvalue weighted by Gasteiger charge is 2.36. The smallest absolute Gasteiger partial charge is 0.412 e. The number of carboxylic acid groups (broad SMARTS) is 1. The van der Waals surface area contributed by atoms with E-state index in [4.69, 9.17) is 4.74 Å². The van der Waals surface area contributed by atoms with E-state index in [2.05, 4.69) is 31.4 Å². The summed E-state index contributed by atoms with van der Waals surface area (Å²) in [5.74, 6) is 0. The van der Waals surface area contributed by atoms with E-state index >= 15 is 0 Å². The molecule has 8 nitrogen and oxygen atoms in total. The SMILES string of the molecule is O=C(Nc1ccc2[nH]ncc2c1)OC(c1cccc(Br)c1)[C@@H]1CCCCN1C(=O)O. The summed E-state index contributed by atoms with van der Waals surface area (Å²) in [6, 6.07) is 12.3. The van der Waals surface area contributed by atoms with Gasteiger partial charge in [0.1, 0.15) is 6.10 Å². The van der Waals surface area contributed by atoms with Crippen LogP contribution in [0.2, 0.25) is 0 Å². The lowest BCUT2D eigenvalue weighted by atomic mass is 9.93. The first-order chi connectivity index (χ1) is 14.5. The molecule has 1 aromatic heterocycles. The fourth-order valence-corrected chi connectivity index (χ4v) is 4.26. The van der Waals surface area contributed by atoms with Crippen LogP contribution < -0.4 is 5.32 Å². The van der Waals surface area contributed by atoms with Gasteiger partial charge in [0.2, 0.25) is 0 Å². The summed E-state index contributed by atoms with van der Waals surface area (Å²) in [6.07, 6.45) is 1.59. The number of likely N-dealkylation sites (tertiary alicyclic amines) is 1. The highest BCUT2D eigenvalue weighted by Crippen LogP contribution is 2.33. The number of rotatable bonds is 4. The van der Waals surface area contributed by atoms with Crippen LogP contribution >= 0.6 is 15.9 Å². The fraction of sp³-hybridized carbons (Fsp3) is 0.286. The number of H-pyrrole nitrogens is 1. The third-order valence-corrected chi connectivity index (χ3v) is 5.74. The van der Waals surface area contributed by atoms with Crippen LogP contribution in [0.5, 0.6) is 0 Å². The second-order valence-corrected chi connectivity index (χ2v) is 8.13. The maximum absolute atomic E-state index is 12.7. The van der Waals surface area contributed by atoms with Crippen molar-refractivity contribution in [2.45, 2.75) is 31.4 Å². The lowest BCUT2D eigenvalue weighted by Gasteiger charge is -2.38. The summed E-state index contributed by atoms with van der Waals surface area (Å²) in [5.41, 5.74) is 2.17. The van der Waals surface area contributed by atoms with Crippen LogP contribution in [0.25, 0.3) is 10.9 Å². The number of hydrogen-bond donors (Lipinski definition) is 3. The Hall–Kier alpha value is -3.07. The molecular formula is C21H21BrN4O4. The predicted octanol–water partition coefficient (Wildman–Crippen LogP) is 5.15. The average molecular weight is 473 g/mol. The zero-order chi connectivity index (χ0) is 21.1. The first-order valence-corrected chi connectivity index (χ1v) is 10.5. The van der Waals surface area contributed by atoms with Crippen LogP contribution in [0.4, 0.5) is 15.3 Å². The second kappa shape index (κ2) is 8.74. The predicted molar refractivity (Wildman–Crippen MR) is 115 cm³/mol.